The van der Waals surface area contributed by atoms with E-state index in [2.05, 4.69) is 21.2 Å². The van der Waals surface area contributed by atoms with Crippen molar-refractivity contribution >= 4 is 27.5 Å². The van der Waals surface area contributed by atoms with Crippen molar-refractivity contribution in [1.29, 1.82) is 0 Å². The molecule has 0 aliphatic rings. The van der Waals surface area contributed by atoms with Crippen LogP contribution in [0.1, 0.15) is 22.8 Å². The topological polar surface area (TPSA) is 38.3 Å². The van der Waals surface area contributed by atoms with Crippen molar-refractivity contribution in [3.63, 3.8) is 0 Å². The molecule has 0 radical (unpaired) electrons. The van der Waals surface area contributed by atoms with Gasteiger partial charge in [0.1, 0.15) is 5.75 Å². The highest BCUT2D eigenvalue weighted by atomic mass is 79.9. The second kappa shape index (κ2) is 6.57. The third-order valence-electron chi connectivity index (χ3n) is 2.77. The van der Waals surface area contributed by atoms with Gasteiger partial charge in [0.15, 0.2) is 0 Å². The number of hydrogen-bond acceptors (Lipinski definition) is 2. The van der Waals surface area contributed by atoms with Crippen LogP contribution in [0.2, 0.25) is 0 Å². The molecule has 4 heteroatoms. The van der Waals surface area contributed by atoms with Gasteiger partial charge >= 0.3 is 0 Å². The van der Waals surface area contributed by atoms with Gasteiger partial charge in [0, 0.05) is 10.0 Å². The number of halogens is 1. The van der Waals surface area contributed by atoms with E-state index in [4.69, 9.17) is 4.74 Å². The zero-order chi connectivity index (χ0) is 14.5. The number of anilines is 1. The summed E-state index contributed by atoms with van der Waals surface area (Å²) in [5.74, 6) is 0.534. The van der Waals surface area contributed by atoms with Crippen LogP contribution in [-0.4, -0.2) is 12.5 Å². The Morgan fingerprint density at radius 2 is 2.05 bits per heavy atom. The van der Waals surface area contributed by atoms with Gasteiger partial charge in [-0.2, -0.15) is 0 Å². The van der Waals surface area contributed by atoms with E-state index in [1.807, 2.05) is 44.2 Å². The van der Waals surface area contributed by atoms with E-state index in [0.29, 0.717) is 23.6 Å². The summed E-state index contributed by atoms with van der Waals surface area (Å²) < 4.78 is 6.43. The molecule has 2 rings (SSSR count). The minimum Gasteiger partial charge on any atom is -0.492 e. The predicted octanol–water partition coefficient (Wildman–Crippen LogP) is 4.41. The van der Waals surface area contributed by atoms with Crippen molar-refractivity contribution in [1.82, 2.24) is 0 Å². The molecule has 0 unspecified atom stereocenters. The molecule has 1 amide bonds. The molecule has 0 aliphatic carbocycles. The van der Waals surface area contributed by atoms with Crippen LogP contribution in [-0.2, 0) is 0 Å². The van der Waals surface area contributed by atoms with E-state index in [0.717, 1.165) is 10.0 Å². The number of ether oxygens (including phenoxy) is 1. The Balaban J connectivity index is 2.23. The summed E-state index contributed by atoms with van der Waals surface area (Å²) in [4.78, 5) is 12.2. The fourth-order valence-corrected chi connectivity index (χ4v) is 2.23. The van der Waals surface area contributed by atoms with Gasteiger partial charge in [-0.1, -0.05) is 28.1 Å². The van der Waals surface area contributed by atoms with Gasteiger partial charge in [-0.05, 0) is 49.7 Å². The summed E-state index contributed by atoms with van der Waals surface area (Å²) in [5, 5.41) is 2.88. The van der Waals surface area contributed by atoms with Gasteiger partial charge in [-0.25, -0.2) is 0 Å². The normalized spacial score (nSPS) is 10.2. The highest BCUT2D eigenvalue weighted by molar-refractivity contribution is 9.10. The lowest BCUT2D eigenvalue weighted by molar-refractivity contribution is 0.102. The van der Waals surface area contributed by atoms with E-state index in [-0.39, 0.29) is 5.91 Å². The van der Waals surface area contributed by atoms with Crippen molar-refractivity contribution in [2.24, 2.45) is 0 Å². The highest BCUT2D eigenvalue weighted by Gasteiger charge is 2.10. The quantitative estimate of drug-likeness (QED) is 0.899. The summed E-state index contributed by atoms with van der Waals surface area (Å²) in [6.45, 7) is 4.47. The SMILES string of the molecule is CCOc1cc(C)ccc1NC(=O)c1cccc(Br)c1. The molecule has 0 spiro atoms. The van der Waals surface area contributed by atoms with Gasteiger partial charge in [-0.3, -0.25) is 4.79 Å². The summed E-state index contributed by atoms with van der Waals surface area (Å²) >= 11 is 3.36. The Morgan fingerprint density at radius 1 is 1.25 bits per heavy atom. The van der Waals surface area contributed by atoms with Gasteiger partial charge in [0.2, 0.25) is 0 Å². The minimum atomic E-state index is -0.156. The predicted molar refractivity (Wildman–Crippen MR) is 84.4 cm³/mol. The number of amides is 1. The van der Waals surface area contributed by atoms with E-state index in [1.54, 1.807) is 12.1 Å². The highest BCUT2D eigenvalue weighted by Crippen LogP contribution is 2.26. The number of aryl methyl sites for hydroxylation is 1. The first kappa shape index (κ1) is 14.6. The molecule has 2 aromatic carbocycles. The van der Waals surface area contributed by atoms with Crippen molar-refractivity contribution < 1.29 is 9.53 Å². The van der Waals surface area contributed by atoms with Crippen LogP contribution in [0.5, 0.6) is 5.75 Å². The molecule has 20 heavy (non-hydrogen) atoms. The second-order valence-electron chi connectivity index (χ2n) is 4.40. The molecule has 0 aromatic heterocycles. The fourth-order valence-electron chi connectivity index (χ4n) is 1.83. The molecule has 0 aliphatic heterocycles. The molecule has 0 heterocycles. The standard InChI is InChI=1S/C16H16BrNO2/c1-3-20-15-9-11(2)7-8-14(15)18-16(19)12-5-4-6-13(17)10-12/h4-10H,3H2,1-2H3,(H,18,19). The van der Waals surface area contributed by atoms with Crippen LogP contribution in [0.15, 0.2) is 46.9 Å². The lowest BCUT2D eigenvalue weighted by Crippen LogP contribution is -2.13. The van der Waals surface area contributed by atoms with E-state index < -0.39 is 0 Å². The van der Waals surface area contributed by atoms with Crippen LogP contribution < -0.4 is 10.1 Å². The van der Waals surface area contributed by atoms with Crippen LogP contribution >= 0.6 is 15.9 Å². The summed E-state index contributed by atoms with van der Waals surface area (Å²) in [5.41, 5.74) is 2.37. The number of carbonyl (C=O) groups is 1. The van der Waals surface area contributed by atoms with E-state index in [9.17, 15) is 4.79 Å². The third-order valence-corrected chi connectivity index (χ3v) is 3.27. The van der Waals surface area contributed by atoms with Crippen LogP contribution in [0.3, 0.4) is 0 Å². The molecule has 2 aromatic rings. The number of rotatable bonds is 4. The van der Waals surface area contributed by atoms with Gasteiger partial charge in [-0.15, -0.1) is 0 Å². The zero-order valence-corrected chi connectivity index (χ0v) is 13.0. The van der Waals surface area contributed by atoms with Gasteiger partial charge in [0.25, 0.3) is 5.91 Å². The average molecular weight is 334 g/mol. The monoisotopic (exact) mass is 333 g/mol. The first-order valence-electron chi connectivity index (χ1n) is 6.40. The van der Waals surface area contributed by atoms with Crippen molar-refractivity contribution in [2.75, 3.05) is 11.9 Å². The molecular formula is C16H16BrNO2. The van der Waals surface area contributed by atoms with Crippen molar-refractivity contribution in [2.45, 2.75) is 13.8 Å². The molecular weight excluding hydrogens is 318 g/mol. The smallest absolute Gasteiger partial charge is 0.255 e. The Kier molecular flexibility index (Phi) is 4.79. The average Bonchev–Trinajstić information content (AvgIpc) is 2.42. The van der Waals surface area contributed by atoms with Crippen LogP contribution in [0, 0.1) is 6.92 Å². The summed E-state index contributed by atoms with van der Waals surface area (Å²) in [6.07, 6.45) is 0. The maximum atomic E-state index is 12.2. The molecule has 0 atom stereocenters. The fraction of sp³-hybridized carbons (Fsp3) is 0.188. The van der Waals surface area contributed by atoms with Crippen molar-refractivity contribution in [3.8, 4) is 5.75 Å². The van der Waals surface area contributed by atoms with E-state index in [1.165, 1.54) is 0 Å². The molecule has 0 saturated heterocycles. The minimum absolute atomic E-state index is 0.156. The summed E-state index contributed by atoms with van der Waals surface area (Å²) in [7, 11) is 0. The largest absolute Gasteiger partial charge is 0.492 e. The maximum Gasteiger partial charge on any atom is 0.255 e. The molecule has 3 nitrogen and oxygen atoms in total. The Labute approximate surface area is 127 Å². The number of nitrogens with one attached hydrogen (secondary N) is 1. The Hall–Kier alpha value is -1.81. The number of hydrogen-bond donors (Lipinski definition) is 1. The zero-order valence-electron chi connectivity index (χ0n) is 11.4. The molecule has 1 N–H and O–H groups in total. The number of carbonyl (C=O) groups excluding carboxylic acids is 1. The molecule has 0 fully saturated rings. The van der Waals surface area contributed by atoms with Crippen LogP contribution in [0.25, 0.3) is 0 Å². The first-order valence-corrected chi connectivity index (χ1v) is 7.20. The van der Waals surface area contributed by atoms with Crippen molar-refractivity contribution in [3.05, 3.63) is 58.1 Å². The van der Waals surface area contributed by atoms with Crippen LogP contribution in [0.4, 0.5) is 5.69 Å². The third kappa shape index (κ3) is 3.61. The van der Waals surface area contributed by atoms with E-state index >= 15 is 0 Å². The molecule has 0 bridgehead atoms. The Bertz CT molecular complexity index is 626. The lowest BCUT2D eigenvalue weighted by atomic mass is 10.2. The molecule has 0 saturated carbocycles. The lowest BCUT2D eigenvalue weighted by Gasteiger charge is -2.12. The van der Waals surface area contributed by atoms with Gasteiger partial charge < -0.3 is 10.1 Å². The molecule has 104 valence electrons. The summed E-state index contributed by atoms with van der Waals surface area (Å²) in [6, 6.07) is 13.0. The van der Waals surface area contributed by atoms with Gasteiger partial charge in [0.05, 0.1) is 12.3 Å². The second-order valence-corrected chi connectivity index (χ2v) is 5.31. The number of benzene rings is 2. The Morgan fingerprint density at radius 3 is 2.75 bits per heavy atom. The maximum absolute atomic E-state index is 12.2. The first-order chi connectivity index (χ1) is 9.60.